The van der Waals surface area contributed by atoms with Gasteiger partial charge in [-0.2, -0.15) is 0 Å². The van der Waals surface area contributed by atoms with Gasteiger partial charge in [0, 0.05) is 29.9 Å². The number of rotatable bonds is 7. The molecule has 4 aromatic rings. The lowest BCUT2D eigenvalue weighted by Gasteiger charge is -2.16. The number of aryl methyl sites for hydroxylation is 1. The van der Waals surface area contributed by atoms with Gasteiger partial charge in [0.05, 0.1) is 4.92 Å². The highest BCUT2D eigenvalue weighted by atomic mass is 16.6. The molecule has 0 aliphatic heterocycles. The van der Waals surface area contributed by atoms with Crippen molar-refractivity contribution in [2.75, 3.05) is 5.32 Å². The lowest BCUT2D eigenvalue weighted by Crippen LogP contribution is -2.05. The van der Waals surface area contributed by atoms with Gasteiger partial charge in [0.1, 0.15) is 12.4 Å². The third kappa shape index (κ3) is 4.41. The molecule has 0 aromatic heterocycles. The molecule has 1 N–H and O–H groups in total. The molecule has 0 bridgehead atoms. The van der Waals surface area contributed by atoms with Crippen LogP contribution in [-0.2, 0) is 13.2 Å². The first-order valence-electron chi connectivity index (χ1n) is 9.77. The topological polar surface area (TPSA) is 64.4 Å². The van der Waals surface area contributed by atoms with Crippen LogP contribution in [-0.4, -0.2) is 4.92 Å². The minimum atomic E-state index is -0.390. The van der Waals surface area contributed by atoms with Gasteiger partial charge in [-0.1, -0.05) is 66.2 Å². The molecular formula is C25H22N2O3. The molecule has 0 amide bonds. The number of fused-ring (bicyclic) bond motifs is 1. The lowest BCUT2D eigenvalue weighted by molar-refractivity contribution is -0.384. The van der Waals surface area contributed by atoms with Crippen molar-refractivity contribution in [1.29, 1.82) is 0 Å². The normalized spacial score (nSPS) is 10.7. The van der Waals surface area contributed by atoms with Gasteiger partial charge in [-0.15, -0.1) is 0 Å². The van der Waals surface area contributed by atoms with Crippen LogP contribution in [0.25, 0.3) is 10.8 Å². The Morgan fingerprint density at radius 1 is 0.933 bits per heavy atom. The van der Waals surface area contributed by atoms with Gasteiger partial charge in [0.2, 0.25) is 0 Å². The molecule has 0 atom stereocenters. The van der Waals surface area contributed by atoms with E-state index in [0.717, 1.165) is 27.6 Å². The van der Waals surface area contributed by atoms with Crippen molar-refractivity contribution < 1.29 is 9.66 Å². The summed E-state index contributed by atoms with van der Waals surface area (Å²) in [7, 11) is 0. The molecular weight excluding hydrogens is 376 g/mol. The molecule has 4 rings (SSSR count). The van der Waals surface area contributed by atoms with Crippen LogP contribution in [0.2, 0.25) is 0 Å². The zero-order chi connectivity index (χ0) is 20.9. The Bertz CT molecular complexity index is 1190. The van der Waals surface area contributed by atoms with Gasteiger partial charge in [-0.3, -0.25) is 10.1 Å². The molecule has 0 fully saturated rings. The third-order valence-corrected chi connectivity index (χ3v) is 5.04. The molecule has 0 unspecified atom stereocenters. The summed E-state index contributed by atoms with van der Waals surface area (Å²) in [5.41, 5.74) is 4.10. The van der Waals surface area contributed by atoms with E-state index >= 15 is 0 Å². The predicted octanol–water partition coefficient (Wildman–Crippen LogP) is 6.25. The number of nitro groups is 1. The maximum atomic E-state index is 11.1. The first-order valence-corrected chi connectivity index (χ1v) is 9.77. The Labute approximate surface area is 175 Å². The van der Waals surface area contributed by atoms with Crippen LogP contribution in [0.4, 0.5) is 11.4 Å². The molecule has 0 heterocycles. The number of nitro benzene ring substituents is 1. The molecule has 30 heavy (non-hydrogen) atoms. The van der Waals surface area contributed by atoms with Crippen LogP contribution < -0.4 is 10.1 Å². The van der Waals surface area contributed by atoms with Crippen molar-refractivity contribution in [2.24, 2.45) is 0 Å². The van der Waals surface area contributed by atoms with Crippen LogP contribution in [0.15, 0.2) is 84.9 Å². The summed E-state index contributed by atoms with van der Waals surface area (Å²) in [6.07, 6.45) is 0. The zero-order valence-corrected chi connectivity index (χ0v) is 16.7. The number of hydrogen-bond acceptors (Lipinski definition) is 4. The zero-order valence-electron chi connectivity index (χ0n) is 16.7. The van der Waals surface area contributed by atoms with Crippen molar-refractivity contribution in [3.8, 4) is 5.75 Å². The summed E-state index contributed by atoms with van der Waals surface area (Å²) >= 11 is 0. The van der Waals surface area contributed by atoms with Crippen LogP contribution in [0.3, 0.4) is 0 Å². The van der Waals surface area contributed by atoms with E-state index in [0.29, 0.717) is 18.8 Å². The molecule has 4 aromatic carbocycles. The van der Waals surface area contributed by atoms with E-state index in [9.17, 15) is 10.1 Å². The monoisotopic (exact) mass is 398 g/mol. The fourth-order valence-electron chi connectivity index (χ4n) is 3.40. The Hall–Kier alpha value is -3.86. The highest BCUT2D eigenvalue weighted by Crippen LogP contribution is 2.30. The SMILES string of the molecule is Cc1ccc(COc2ccc3ccccc3c2CNc2cccc([N+](=O)[O-])c2)cc1. The van der Waals surface area contributed by atoms with Crippen molar-refractivity contribution in [3.05, 3.63) is 112 Å². The molecule has 5 nitrogen and oxygen atoms in total. The number of benzene rings is 4. The highest BCUT2D eigenvalue weighted by Gasteiger charge is 2.11. The largest absolute Gasteiger partial charge is 0.489 e. The van der Waals surface area contributed by atoms with E-state index in [1.54, 1.807) is 6.07 Å². The molecule has 0 spiro atoms. The van der Waals surface area contributed by atoms with Crippen LogP contribution in [0, 0.1) is 17.0 Å². The fraction of sp³-hybridized carbons (Fsp3) is 0.120. The number of anilines is 1. The van der Waals surface area contributed by atoms with Crippen LogP contribution >= 0.6 is 0 Å². The summed E-state index contributed by atoms with van der Waals surface area (Å²) in [5.74, 6) is 0.798. The molecule has 150 valence electrons. The first kappa shape index (κ1) is 19.5. The lowest BCUT2D eigenvalue weighted by atomic mass is 10.0. The maximum absolute atomic E-state index is 11.1. The molecule has 0 radical (unpaired) electrons. The Kier molecular flexibility index (Phi) is 5.61. The van der Waals surface area contributed by atoms with Gasteiger partial charge in [-0.05, 0) is 35.4 Å². The summed E-state index contributed by atoms with van der Waals surface area (Å²) in [6.45, 7) is 3.03. The van der Waals surface area contributed by atoms with Gasteiger partial charge in [0.25, 0.3) is 5.69 Å². The van der Waals surface area contributed by atoms with E-state index in [1.807, 2.05) is 24.3 Å². The second-order valence-corrected chi connectivity index (χ2v) is 7.20. The average molecular weight is 398 g/mol. The third-order valence-electron chi connectivity index (χ3n) is 5.04. The number of nitrogens with one attached hydrogen (secondary N) is 1. The van der Waals surface area contributed by atoms with E-state index in [4.69, 9.17) is 4.74 Å². The van der Waals surface area contributed by atoms with E-state index in [1.165, 1.54) is 17.7 Å². The summed E-state index contributed by atoms with van der Waals surface area (Å²) in [4.78, 5) is 10.7. The Morgan fingerprint density at radius 2 is 1.73 bits per heavy atom. The predicted molar refractivity (Wildman–Crippen MR) is 120 cm³/mol. The summed E-state index contributed by atoms with van der Waals surface area (Å²) in [6, 6.07) is 27.0. The second-order valence-electron chi connectivity index (χ2n) is 7.20. The molecule has 0 aliphatic carbocycles. The number of ether oxygens (including phenoxy) is 1. The van der Waals surface area contributed by atoms with E-state index in [2.05, 4.69) is 54.7 Å². The molecule has 0 aliphatic rings. The molecule has 5 heteroatoms. The van der Waals surface area contributed by atoms with Gasteiger partial charge < -0.3 is 10.1 Å². The minimum Gasteiger partial charge on any atom is -0.489 e. The highest BCUT2D eigenvalue weighted by molar-refractivity contribution is 5.88. The average Bonchev–Trinajstić information content (AvgIpc) is 2.77. The van der Waals surface area contributed by atoms with Crippen molar-refractivity contribution in [3.63, 3.8) is 0 Å². The van der Waals surface area contributed by atoms with Crippen molar-refractivity contribution in [1.82, 2.24) is 0 Å². The quantitative estimate of drug-likeness (QED) is 0.295. The number of non-ortho nitro benzene ring substituents is 1. The van der Waals surface area contributed by atoms with Crippen molar-refractivity contribution >= 4 is 22.1 Å². The summed E-state index contributed by atoms with van der Waals surface area (Å²) in [5, 5.41) is 16.6. The van der Waals surface area contributed by atoms with Crippen LogP contribution in [0.5, 0.6) is 5.75 Å². The Morgan fingerprint density at radius 3 is 2.53 bits per heavy atom. The number of nitrogens with zero attached hydrogens (tertiary/aromatic N) is 1. The second kappa shape index (κ2) is 8.66. The van der Waals surface area contributed by atoms with E-state index < -0.39 is 0 Å². The van der Waals surface area contributed by atoms with Crippen molar-refractivity contribution in [2.45, 2.75) is 20.1 Å². The fourth-order valence-corrected chi connectivity index (χ4v) is 3.40. The van der Waals surface area contributed by atoms with Gasteiger partial charge in [-0.25, -0.2) is 0 Å². The van der Waals surface area contributed by atoms with Gasteiger partial charge >= 0.3 is 0 Å². The van der Waals surface area contributed by atoms with Crippen LogP contribution in [0.1, 0.15) is 16.7 Å². The number of hydrogen-bond donors (Lipinski definition) is 1. The Balaban J connectivity index is 1.61. The maximum Gasteiger partial charge on any atom is 0.271 e. The standard InChI is InChI=1S/C25H22N2O3/c1-18-9-11-19(12-10-18)17-30-25-14-13-20-5-2-3-8-23(20)24(25)16-26-21-6-4-7-22(15-21)27(28)29/h2-15,26H,16-17H2,1H3. The van der Waals surface area contributed by atoms with Gasteiger partial charge in [0.15, 0.2) is 0 Å². The molecule has 0 saturated carbocycles. The smallest absolute Gasteiger partial charge is 0.271 e. The minimum absolute atomic E-state index is 0.0637. The first-order chi connectivity index (χ1) is 14.6. The molecule has 0 saturated heterocycles. The summed E-state index contributed by atoms with van der Waals surface area (Å²) < 4.78 is 6.17. The van der Waals surface area contributed by atoms with E-state index in [-0.39, 0.29) is 10.6 Å².